The van der Waals surface area contributed by atoms with Gasteiger partial charge in [-0.1, -0.05) is 12.8 Å². The lowest BCUT2D eigenvalue weighted by molar-refractivity contribution is -0.143. The summed E-state index contributed by atoms with van der Waals surface area (Å²) < 4.78 is 32.7. The first-order valence-corrected chi connectivity index (χ1v) is 8.44. The molecule has 2 N–H and O–H groups in total. The minimum atomic E-state index is -3.86. The van der Waals surface area contributed by atoms with Crippen LogP contribution in [0, 0.1) is 0 Å². The second-order valence-corrected chi connectivity index (χ2v) is 7.25. The standard InChI is InChI=1S/C14H17NO5S/c16-13(17)14(6-1-2-7-14)15-21(18,19)11-3-4-12-10(9-11)5-8-20-12/h3-4,9,15H,1-2,5-8H2,(H,16,17). The van der Waals surface area contributed by atoms with Gasteiger partial charge < -0.3 is 9.84 Å². The van der Waals surface area contributed by atoms with Crippen molar-refractivity contribution in [2.75, 3.05) is 6.61 Å². The van der Waals surface area contributed by atoms with Crippen LogP contribution in [0.5, 0.6) is 5.75 Å². The van der Waals surface area contributed by atoms with Crippen molar-refractivity contribution in [3.05, 3.63) is 23.8 Å². The number of rotatable bonds is 4. The summed E-state index contributed by atoms with van der Waals surface area (Å²) in [6.45, 7) is 0.547. The van der Waals surface area contributed by atoms with Gasteiger partial charge in [-0.25, -0.2) is 8.42 Å². The first-order chi connectivity index (χ1) is 9.93. The van der Waals surface area contributed by atoms with E-state index in [1.165, 1.54) is 6.07 Å². The second kappa shape index (κ2) is 4.99. The molecule has 0 amide bonds. The lowest BCUT2D eigenvalue weighted by atomic mass is 10.0. The number of ether oxygens (including phenoxy) is 1. The number of sulfonamides is 1. The van der Waals surface area contributed by atoms with Crippen molar-refractivity contribution in [2.45, 2.75) is 42.5 Å². The average molecular weight is 311 g/mol. The van der Waals surface area contributed by atoms with Crippen molar-refractivity contribution in [2.24, 2.45) is 0 Å². The molecule has 1 aromatic carbocycles. The summed E-state index contributed by atoms with van der Waals surface area (Å²) in [6.07, 6.45) is 2.76. The molecule has 0 aromatic heterocycles. The minimum Gasteiger partial charge on any atom is -0.493 e. The van der Waals surface area contributed by atoms with Crippen LogP contribution in [0.1, 0.15) is 31.2 Å². The van der Waals surface area contributed by atoms with Crippen molar-refractivity contribution in [1.82, 2.24) is 4.72 Å². The molecule has 1 aliphatic heterocycles. The molecule has 1 aromatic rings. The zero-order valence-electron chi connectivity index (χ0n) is 11.5. The van der Waals surface area contributed by atoms with Crippen molar-refractivity contribution >= 4 is 16.0 Å². The smallest absolute Gasteiger partial charge is 0.324 e. The lowest BCUT2D eigenvalue weighted by Gasteiger charge is -2.25. The molecule has 1 aliphatic carbocycles. The number of nitrogens with one attached hydrogen (secondary N) is 1. The Morgan fingerprint density at radius 1 is 1.29 bits per heavy atom. The fourth-order valence-electron chi connectivity index (χ4n) is 2.98. The summed E-state index contributed by atoms with van der Waals surface area (Å²) >= 11 is 0. The maximum absolute atomic E-state index is 12.5. The van der Waals surface area contributed by atoms with E-state index in [2.05, 4.69) is 4.72 Å². The van der Waals surface area contributed by atoms with Crippen LogP contribution in [-0.2, 0) is 21.2 Å². The number of hydrogen-bond donors (Lipinski definition) is 2. The molecule has 6 nitrogen and oxygen atoms in total. The van der Waals surface area contributed by atoms with Crippen molar-refractivity contribution < 1.29 is 23.1 Å². The van der Waals surface area contributed by atoms with Gasteiger partial charge in [0.2, 0.25) is 10.0 Å². The molecular formula is C14H17NO5S. The Morgan fingerprint density at radius 3 is 2.67 bits per heavy atom. The van der Waals surface area contributed by atoms with Gasteiger partial charge >= 0.3 is 5.97 Å². The number of benzene rings is 1. The SMILES string of the molecule is O=C(O)C1(NS(=O)(=O)c2ccc3c(c2)CCO3)CCCC1. The number of fused-ring (bicyclic) bond motifs is 1. The largest absolute Gasteiger partial charge is 0.493 e. The highest BCUT2D eigenvalue weighted by Crippen LogP contribution is 2.33. The van der Waals surface area contributed by atoms with Crippen LogP contribution in [0.25, 0.3) is 0 Å². The van der Waals surface area contributed by atoms with Gasteiger partial charge in [-0.2, -0.15) is 4.72 Å². The first-order valence-electron chi connectivity index (χ1n) is 6.96. The Morgan fingerprint density at radius 2 is 2.00 bits per heavy atom. The quantitative estimate of drug-likeness (QED) is 0.874. The molecule has 21 heavy (non-hydrogen) atoms. The molecule has 2 aliphatic rings. The number of carbonyl (C=O) groups is 1. The molecule has 7 heteroatoms. The van der Waals surface area contributed by atoms with Crippen LogP contribution in [0.3, 0.4) is 0 Å². The predicted octanol–water partition coefficient (Wildman–Crippen LogP) is 1.30. The van der Waals surface area contributed by atoms with Crippen molar-refractivity contribution in [3.63, 3.8) is 0 Å². The van der Waals surface area contributed by atoms with Crippen LogP contribution in [0.15, 0.2) is 23.1 Å². The Labute approximate surface area is 123 Å². The maximum Gasteiger partial charge on any atom is 0.324 e. The molecule has 1 heterocycles. The Kier molecular flexibility index (Phi) is 3.41. The van der Waals surface area contributed by atoms with E-state index in [-0.39, 0.29) is 4.90 Å². The van der Waals surface area contributed by atoms with Gasteiger partial charge in [0.25, 0.3) is 0 Å². The van der Waals surface area contributed by atoms with E-state index in [1.54, 1.807) is 12.1 Å². The zero-order valence-corrected chi connectivity index (χ0v) is 12.3. The first kappa shape index (κ1) is 14.3. The summed E-state index contributed by atoms with van der Waals surface area (Å²) in [4.78, 5) is 11.6. The normalized spacial score (nSPS) is 20.0. The molecule has 0 radical (unpaired) electrons. The van der Waals surface area contributed by atoms with Crippen molar-refractivity contribution in [3.8, 4) is 5.75 Å². The highest BCUT2D eigenvalue weighted by Gasteiger charge is 2.44. The summed E-state index contributed by atoms with van der Waals surface area (Å²) in [7, 11) is -3.86. The molecule has 1 saturated carbocycles. The Balaban J connectivity index is 1.92. The summed E-state index contributed by atoms with van der Waals surface area (Å²) in [5.74, 6) is -0.407. The molecule has 3 rings (SSSR count). The summed E-state index contributed by atoms with van der Waals surface area (Å²) in [5, 5.41) is 9.38. The van der Waals surface area contributed by atoms with Gasteiger partial charge in [-0.15, -0.1) is 0 Å². The maximum atomic E-state index is 12.5. The van der Waals surface area contributed by atoms with Gasteiger partial charge in [-0.3, -0.25) is 4.79 Å². The Bertz CT molecular complexity index is 677. The van der Waals surface area contributed by atoms with Crippen LogP contribution in [0.4, 0.5) is 0 Å². The molecule has 0 atom stereocenters. The van der Waals surface area contributed by atoms with Crippen molar-refractivity contribution in [1.29, 1.82) is 0 Å². The highest BCUT2D eigenvalue weighted by molar-refractivity contribution is 7.89. The predicted molar refractivity (Wildman–Crippen MR) is 74.8 cm³/mol. The van der Waals surface area contributed by atoms with Gasteiger partial charge in [0.1, 0.15) is 11.3 Å². The summed E-state index contributed by atoms with van der Waals surface area (Å²) in [5.41, 5.74) is -0.525. The van der Waals surface area contributed by atoms with Crippen LogP contribution < -0.4 is 9.46 Å². The second-order valence-electron chi connectivity index (χ2n) is 5.57. The number of carboxylic acids is 1. The lowest BCUT2D eigenvalue weighted by Crippen LogP contribution is -2.52. The van der Waals surface area contributed by atoms with E-state index in [9.17, 15) is 18.3 Å². The molecular weight excluding hydrogens is 294 g/mol. The van der Waals surface area contributed by atoms with Crippen LogP contribution >= 0.6 is 0 Å². The van der Waals surface area contributed by atoms with Crippen LogP contribution in [-0.4, -0.2) is 31.6 Å². The monoisotopic (exact) mass is 311 g/mol. The molecule has 114 valence electrons. The molecule has 0 bridgehead atoms. The van der Waals surface area contributed by atoms with Crippen LogP contribution in [0.2, 0.25) is 0 Å². The fraction of sp³-hybridized carbons (Fsp3) is 0.500. The van der Waals surface area contributed by atoms with E-state index in [1.807, 2.05) is 0 Å². The molecule has 0 spiro atoms. The fourth-order valence-corrected chi connectivity index (χ4v) is 4.45. The third kappa shape index (κ3) is 2.51. The number of aliphatic carboxylic acids is 1. The average Bonchev–Trinajstić information content (AvgIpc) is 3.06. The molecule has 0 saturated heterocycles. The van der Waals surface area contributed by atoms with Gasteiger partial charge in [0.05, 0.1) is 11.5 Å². The van der Waals surface area contributed by atoms with Gasteiger partial charge in [-0.05, 0) is 36.6 Å². The zero-order chi connectivity index (χ0) is 15.1. The van der Waals surface area contributed by atoms with E-state index in [0.29, 0.717) is 44.5 Å². The third-order valence-electron chi connectivity index (χ3n) is 4.17. The minimum absolute atomic E-state index is 0.0966. The third-order valence-corrected chi connectivity index (χ3v) is 5.70. The number of carboxylic acid groups (broad SMARTS) is 1. The van der Waals surface area contributed by atoms with E-state index in [4.69, 9.17) is 4.74 Å². The van der Waals surface area contributed by atoms with Gasteiger partial charge in [0, 0.05) is 6.42 Å². The van der Waals surface area contributed by atoms with E-state index >= 15 is 0 Å². The Hall–Kier alpha value is -1.60. The van der Waals surface area contributed by atoms with Gasteiger partial charge in [0.15, 0.2) is 0 Å². The topological polar surface area (TPSA) is 92.7 Å². The van der Waals surface area contributed by atoms with E-state index < -0.39 is 21.5 Å². The number of hydrogen-bond acceptors (Lipinski definition) is 4. The molecule has 0 unspecified atom stereocenters. The van der Waals surface area contributed by atoms with E-state index in [0.717, 1.165) is 5.56 Å². The highest BCUT2D eigenvalue weighted by atomic mass is 32.2. The molecule has 1 fully saturated rings. The summed E-state index contributed by atoms with van der Waals surface area (Å²) in [6, 6.07) is 4.64.